The summed E-state index contributed by atoms with van der Waals surface area (Å²) in [7, 11) is 0. The molecule has 0 saturated carbocycles. The second kappa shape index (κ2) is 14.6. The van der Waals surface area contributed by atoms with Crippen LogP contribution in [-0.2, 0) is 24.5 Å². The number of imidazole rings is 1. The molecule has 4 aromatic carbocycles. The minimum atomic E-state index is -0.928. The molecule has 226 valence electrons. The van der Waals surface area contributed by atoms with Crippen LogP contribution in [0, 0.1) is 0 Å². The molecule has 0 atom stereocenters. The molecule has 0 aliphatic carbocycles. The van der Waals surface area contributed by atoms with Gasteiger partial charge in [0.05, 0.1) is 5.56 Å². The van der Waals surface area contributed by atoms with Gasteiger partial charge in [0, 0.05) is 24.5 Å². The van der Waals surface area contributed by atoms with Crippen molar-refractivity contribution in [3.63, 3.8) is 0 Å². The van der Waals surface area contributed by atoms with Crippen molar-refractivity contribution >= 4 is 40.5 Å². The molecule has 0 unspecified atom stereocenters. The van der Waals surface area contributed by atoms with Gasteiger partial charge in [0.25, 0.3) is 0 Å². The highest BCUT2D eigenvalue weighted by Gasteiger charge is 2.21. The summed E-state index contributed by atoms with van der Waals surface area (Å²) >= 11 is 3.37. The van der Waals surface area contributed by atoms with E-state index in [1.54, 1.807) is 35.7 Å². The summed E-state index contributed by atoms with van der Waals surface area (Å²) in [4.78, 5) is 17.1. The Bertz CT molecular complexity index is 1890. The number of thioether (sulfide) groups is 2. The number of aryl methyl sites for hydroxylation is 1. The number of carboxylic acid groups (broad SMARTS) is 1. The quantitative estimate of drug-likeness (QED) is 0.127. The van der Waals surface area contributed by atoms with E-state index in [1.807, 2.05) is 36.4 Å². The van der Waals surface area contributed by atoms with Crippen LogP contribution >= 0.6 is 23.5 Å². The Morgan fingerprint density at radius 1 is 0.733 bits per heavy atom. The number of hydrogen-bond donors (Lipinski definition) is 1. The maximum absolute atomic E-state index is 11.8. The number of rotatable bonds is 13. The van der Waals surface area contributed by atoms with Gasteiger partial charge in [-0.2, -0.15) is 0 Å². The molecular weight excluding hydrogens is 597 g/mol. The Morgan fingerprint density at radius 2 is 1.33 bits per heavy atom. The van der Waals surface area contributed by atoms with Crippen molar-refractivity contribution in [2.45, 2.75) is 54.3 Å². The van der Waals surface area contributed by atoms with Crippen molar-refractivity contribution < 1.29 is 9.90 Å². The number of nitrogens with zero attached hydrogens (tertiary/aromatic N) is 4. The normalized spacial score (nSPS) is 11.2. The average molecular weight is 631 g/mol. The summed E-state index contributed by atoms with van der Waals surface area (Å²) in [5.74, 6) is 1.68. The molecular formula is C37H34N4O2S2. The largest absolute Gasteiger partial charge is 0.478 e. The Labute approximate surface area is 272 Å². The van der Waals surface area contributed by atoms with Gasteiger partial charge >= 0.3 is 5.97 Å². The third-order valence-electron chi connectivity index (χ3n) is 7.64. The molecule has 45 heavy (non-hydrogen) atoms. The second-order valence-electron chi connectivity index (χ2n) is 10.8. The van der Waals surface area contributed by atoms with Crippen LogP contribution < -0.4 is 0 Å². The molecule has 2 aromatic heterocycles. The topological polar surface area (TPSA) is 80.9 Å². The predicted octanol–water partition coefficient (Wildman–Crippen LogP) is 9.17. The number of fused-ring (bicyclic) bond motifs is 1. The Hall–Kier alpha value is -4.40. The molecule has 0 aliphatic rings. The molecule has 6 nitrogen and oxygen atoms in total. The summed E-state index contributed by atoms with van der Waals surface area (Å²) in [6.45, 7) is 2.83. The maximum atomic E-state index is 11.8. The third kappa shape index (κ3) is 7.30. The van der Waals surface area contributed by atoms with E-state index in [9.17, 15) is 9.90 Å². The van der Waals surface area contributed by atoms with E-state index in [2.05, 4.69) is 72.2 Å². The summed E-state index contributed by atoms with van der Waals surface area (Å²) < 4.78 is 2.32. The molecule has 2 heterocycles. The average Bonchev–Trinajstić information content (AvgIpc) is 3.45. The minimum absolute atomic E-state index is 0.298. The van der Waals surface area contributed by atoms with E-state index >= 15 is 0 Å². The predicted molar refractivity (Wildman–Crippen MR) is 184 cm³/mol. The Kier molecular flexibility index (Phi) is 9.92. The van der Waals surface area contributed by atoms with Gasteiger partial charge in [-0.15, -0.1) is 10.2 Å². The standard InChI is InChI=1S/C37H34N4O2S2/c1-2-3-18-32-38-33-34(41(32)23-26-19-21-29(22-20-26)30-16-10-11-17-31(30)37(42)43)36(45-25-28-14-8-5-9-15-28)40-39-35(33)44-24-27-12-6-4-7-13-27/h4-17,19-22H,2-3,18,23-25H2,1H3,(H,42,43). The molecule has 0 fully saturated rings. The van der Waals surface area contributed by atoms with E-state index in [4.69, 9.17) is 15.2 Å². The third-order valence-corrected chi connectivity index (χ3v) is 9.69. The first-order valence-electron chi connectivity index (χ1n) is 15.1. The highest BCUT2D eigenvalue weighted by atomic mass is 32.2. The summed E-state index contributed by atoms with van der Waals surface area (Å²) in [6, 6.07) is 36.1. The van der Waals surface area contributed by atoms with Crippen LogP contribution in [0.3, 0.4) is 0 Å². The fourth-order valence-corrected chi connectivity index (χ4v) is 7.10. The van der Waals surface area contributed by atoms with Gasteiger partial charge in [-0.3, -0.25) is 0 Å². The number of unbranched alkanes of at least 4 members (excludes halogenated alkanes) is 1. The zero-order valence-corrected chi connectivity index (χ0v) is 26.7. The van der Waals surface area contributed by atoms with Crippen LogP contribution in [-0.4, -0.2) is 30.8 Å². The molecule has 8 heteroatoms. The zero-order valence-electron chi connectivity index (χ0n) is 25.1. The number of carbonyl (C=O) groups is 1. The van der Waals surface area contributed by atoms with Crippen molar-refractivity contribution in [1.29, 1.82) is 0 Å². The van der Waals surface area contributed by atoms with E-state index in [-0.39, 0.29) is 0 Å². The van der Waals surface area contributed by atoms with Gasteiger partial charge in [-0.05, 0) is 40.3 Å². The lowest BCUT2D eigenvalue weighted by atomic mass is 9.99. The number of carboxylic acids is 1. The van der Waals surface area contributed by atoms with Crippen molar-refractivity contribution in [2.24, 2.45) is 0 Å². The number of hydrogen-bond acceptors (Lipinski definition) is 6. The minimum Gasteiger partial charge on any atom is -0.478 e. The first-order valence-corrected chi connectivity index (χ1v) is 17.1. The van der Waals surface area contributed by atoms with Gasteiger partial charge in [0.15, 0.2) is 0 Å². The van der Waals surface area contributed by atoms with E-state index in [0.29, 0.717) is 17.7 Å². The highest BCUT2D eigenvalue weighted by molar-refractivity contribution is 7.99. The number of aromatic carboxylic acids is 1. The molecule has 1 N–H and O–H groups in total. The molecule has 6 aromatic rings. The summed E-state index contributed by atoms with van der Waals surface area (Å²) in [5.41, 5.74) is 7.38. The molecule has 0 amide bonds. The highest BCUT2D eigenvalue weighted by Crippen LogP contribution is 2.35. The molecule has 0 aliphatic heterocycles. The fraction of sp³-hybridized carbons (Fsp3) is 0.189. The van der Waals surface area contributed by atoms with Crippen molar-refractivity contribution in [3.05, 3.63) is 137 Å². The number of benzene rings is 4. The lowest BCUT2D eigenvalue weighted by Gasteiger charge is -2.13. The van der Waals surface area contributed by atoms with Crippen molar-refractivity contribution in [1.82, 2.24) is 19.7 Å². The lowest BCUT2D eigenvalue weighted by molar-refractivity contribution is 0.0697. The molecule has 0 spiro atoms. The van der Waals surface area contributed by atoms with Gasteiger partial charge < -0.3 is 9.67 Å². The first kappa shape index (κ1) is 30.6. The SMILES string of the molecule is CCCCc1nc2c(SCc3ccccc3)nnc(SCc3ccccc3)c2n1Cc1ccc(-c2ccccc2C(=O)O)cc1. The van der Waals surface area contributed by atoms with Gasteiger partial charge in [-0.1, -0.05) is 140 Å². The molecule has 0 saturated heterocycles. The molecule has 0 radical (unpaired) electrons. The smallest absolute Gasteiger partial charge is 0.336 e. The molecule has 6 rings (SSSR count). The fourth-order valence-electron chi connectivity index (χ4n) is 5.29. The lowest BCUT2D eigenvalue weighted by Crippen LogP contribution is -2.07. The first-order chi connectivity index (χ1) is 22.1. The summed E-state index contributed by atoms with van der Waals surface area (Å²) in [6.07, 6.45) is 2.97. The van der Waals surface area contributed by atoms with Gasteiger partial charge in [0.1, 0.15) is 26.9 Å². The number of aromatic nitrogens is 4. The van der Waals surface area contributed by atoms with Crippen LogP contribution in [0.15, 0.2) is 119 Å². The zero-order chi connectivity index (χ0) is 31.0. The van der Waals surface area contributed by atoms with E-state index < -0.39 is 5.97 Å². The van der Waals surface area contributed by atoms with Crippen molar-refractivity contribution in [3.8, 4) is 11.1 Å². The van der Waals surface area contributed by atoms with Crippen LogP contribution in [0.25, 0.3) is 22.2 Å². The molecule has 0 bridgehead atoms. The van der Waals surface area contributed by atoms with Crippen LogP contribution in [0.1, 0.15) is 52.6 Å². The maximum Gasteiger partial charge on any atom is 0.336 e. The van der Waals surface area contributed by atoms with E-state index in [1.165, 1.54) is 11.1 Å². The van der Waals surface area contributed by atoms with Crippen molar-refractivity contribution in [2.75, 3.05) is 0 Å². The van der Waals surface area contributed by atoms with Crippen LogP contribution in [0.5, 0.6) is 0 Å². The van der Waals surface area contributed by atoms with Gasteiger partial charge in [-0.25, -0.2) is 9.78 Å². The van der Waals surface area contributed by atoms with Gasteiger partial charge in [0.2, 0.25) is 0 Å². The van der Waals surface area contributed by atoms with Crippen LogP contribution in [0.4, 0.5) is 0 Å². The second-order valence-corrected chi connectivity index (χ2v) is 12.7. The Balaban J connectivity index is 1.39. The van der Waals surface area contributed by atoms with Crippen LogP contribution in [0.2, 0.25) is 0 Å². The monoisotopic (exact) mass is 630 g/mol. The Morgan fingerprint density at radius 3 is 1.98 bits per heavy atom. The van der Waals surface area contributed by atoms with E-state index in [0.717, 1.165) is 68.8 Å². The summed E-state index contributed by atoms with van der Waals surface area (Å²) in [5, 5.41) is 20.9.